The van der Waals surface area contributed by atoms with Crippen LogP contribution in [0.15, 0.2) is 72.8 Å². The molecule has 0 aliphatic carbocycles. The molecule has 0 aliphatic heterocycles. The molecular weight excluding hydrogens is 300 g/mol. The van der Waals surface area contributed by atoms with Crippen LogP contribution in [0.2, 0.25) is 0 Å². The molecule has 2 aromatic rings. The smallest absolute Gasteiger partial charge is 0.244 e. The van der Waals surface area contributed by atoms with Gasteiger partial charge in [0.2, 0.25) is 11.8 Å². The first kappa shape index (κ1) is 17.5. The minimum Gasteiger partial charge on any atom is -0.352 e. The Hall–Kier alpha value is -2.88. The monoisotopic (exact) mass is 322 g/mol. The Kier molecular flexibility index (Phi) is 7.28. The molecule has 0 spiro atoms. The van der Waals surface area contributed by atoms with Crippen molar-refractivity contribution in [3.63, 3.8) is 0 Å². The van der Waals surface area contributed by atoms with E-state index in [1.807, 2.05) is 60.7 Å². The van der Waals surface area contributed by atoms with Gasteiger partial charge in [-0.3, -0.25) is 9.59 Å². The fraction of sp³-hybridized carbons (Fsp3) is 0.200. The second-order valence-electron chi connectivity index (χ2n) is 5.39. The Morgan fingerprint density at radius 1 is 0.667 bits per heavy atom. The summed E-state index contributed by atoms with van der Waals surface area (Å²) in [4.78, 5) is 23.3. The molecule has 0 aliphatic rings. The van der Waals surface area contributed by atoms with E-state index in [1.54, 1.807) is 0 Å². The molecule has 0 saturated heterocycles. The molecule has 0 saturated carbocycles. The minimum atomic E-state index is -0.260. The zero-order valence-corrected chi connectivity index (χ0v) is 13.6. The normalized spacial score (nSPS) is 10.5. The number of hydrogen-bond donors (Lipinski definition) is 2. The summed E-state index contributed by atoms with van der Waals surface area (Å²) in [6.45, 7) is 1.09. The first-order valence-electron chi connectivity index (χ1n) is 8.05. The van der Waals surface area contributed by atoms with Gasteiger partial charge >= 0.3 is 0 Å². The first-order chi connectivity index (χ1) is 11.7. The fourth-order valence-corrected chi connectivity index (χ4v) is 2.22. The number of hydrogen-bond acceptors (Lipinski definition) is 2. The molecule has 2 amide bonds. The van der Waals surface area contributed by atoms with Crippen LogP contribution in [0.1, 0.15) is 11.1 Å². The van der Waals surface area contributed by atoms with E-state index < -0.39 is 0 Å². The second-order valence-corrected chi connectivity index (χ2v) is 5.39. The van der Waals surface area contributed by atoms with Gasteiger partial charge in [-0.05, 0) is 24.0 Å². The van der Waals surface area contributed by atoms with E-state index in [2.05, 4.69) is 10.6 Å². The van der Waals surface area contributed by atoms with Crippen LogP contribution in [-0.2, 0) is 22.4 Å². The predicted octanol–water partition coefficient (Wildman–Crippen LogP) is 2.26. The summed E-state index contributed by atoms with van der Waals surface area (Å²) >= 11 is 0. The molecule has 0 fully saturated rings. The van der Waals surface area contributed by atoms with Crippen molar-refractivity contribution in [2.45, 2.75) is 12.8 Å². The lowest BCUT2D eigenvalue weighted by Gasteiger charge is -2.03. The summed E-state index contributed by atoms with van der Waals surface area (Å²) in [6, 6.07) is 19.9. The van der Waals surface area contributed by atoms with E-state index in [9.17, 15) is 9.59 Å². The van der Waals surface area contributed by atoms with Gasteiger partial charge in [-0.1, -0.05) is 60.7 Å². The number of carbonyl (C=O) groups excluding carboxylic acids is 2. The highest BCUT2D eigenvalue weighted by molar-refractivity contribution is 5.96. The van der Waals surface area contributed by atoms with E-state index in [-0.39, 0.29) is 11.8 Å². The van der Waals surface area contributed by atoms with Crippen LogP contribution >= 0.6 is 0 Å². The van der Waals surface area contributed by atoms with Gasteiger partial charge in [0.1, 0.15) is 0 Å². The van der Waals surface area contributed by atoms with Crippen LogP contribution in [0.25, 0.3) is 0 Å². The van der Waals surface area contributed by atoms with E-state index in [0.29, 0.717) is 13.1 Å². The maximum Gasteiger partial charge on any atom is 0.244 e. The molecule has 0 atom stereocenters. The first-order valence-corrected chi connectivity index (χ1v) is 8.05. The van der Waals surface area contributed by atoms with Crippen LogP contribution in [0.4, 0.5) is 0 Å². The molecule has 0 aromatic heterocycles. The Morgan fingerprint density at radius 3 is 1.42 bits per heavy atom. The second kappa shape index (κ2) is 10.0. The standard InChI is InChI=1S/C20H22N2O2/c23-19(21-15-13-17-7-3-1-4-8-17)11-12-20(24)22-16-14-18-9-5-2-6-10-18/h1-12H,13-16H2,(H,21,23)(H,22,24). The van der Waals surface area contributed by atoms with Crippen LogP contribution < -0.4 is 10.6 Å². The summed E-state index contributed by atoms with van der Waals surface area (Å²) < 4.78 is 0. The fourth-order valence-electron chi connectivity index (χ4n) is 2.22. The van der Waals surface area contributed by atoms with Gasteiger partial charge < -0.3 is 10.6 Å². The summed E-state index contributed by atoms with van der Waals surface area (Å²) in [5.74, 6) is -0.520. The van der Waals surface area contributed by atoms with E-state index in [1.165, 1.54) is 23.3 Å². The molecule has 4 nitrogen and oxygen atoms in total. The molecule has 2 rings (SSSR count). The highest BCUT2D eigenvalue weighted by Crippen LogP contribution is 1.99. The van der Waals surface area contributed by atoms with Gasteiger partial charge in [-0.25, -0.2) is 0 Å². The molecule has 0 heterocycles. The van der Waals surface area contributed by atoms with Gasteiger partial charge in [0.25, 0.3) is 0 Å². The lowest BCUT2D eigenvalue weighted by Crippen LogP contribution is -2.26. The molecule has 2 aromatic carbocycles. The lowest BCUT2D eigenvalue weighted by molar-refractivity contribution is -0.118. The SMILES string of the molecule is O=C(C=CC(=O)NCCc1ccccc1)NCCc1ccccc1. The van der Waals surface area contributed by atoms with Crippen molar-refractivity contribution >= 4 is 11.8 Å². The number of benzene rings is 2. The van der Waals surface area contributed by atoms with Crippen molar-refractivity contribution in [1.82, 2.24) is 10.6 Å². The van der Waals surface area contributed by atoms with Crippen LogP contribution in [0.3, 0.4) is 0 Å². The highest BCUT2D eigenvalue weighted by Gasteiger charge is 1.99. The van der Waals surface area contributed by atoms with Crippen molar-refractivity contribution in [3.05, 3.63) is 83.9 Å². The molecule has 124 valence electrons. The molecule has 0 bridgehead atoms. The highest BCUT2D eigenvalue weighted by atomic mass is 16.2. The number of amides is 2. The van der Waals surface area contributed by atoms with Crippen LogP contribution in [0.5, 0.6) is 0 Å². The quantitative estimate of drug-likeness (QED) is 0.733. The zero-order chi connectivity index (χ0) is 17.0. The number of carbonyl (C=O) groups is 2. The van der Waals surface area contributed by atoms with Crippen molar-refractivity contribution < 1.29 is 9.59 Å². The Labute approximate surface area is 142 Å². The van der Waals surface area contributed by atoms with Crippen molar-refractivity contribution in [3.8, 4) is 0 Å². The summed E-state index contributed by atoms with van der Waals surface area (Å²) in [5, 5.41) is 5.53. The van der Waals surface area contributed by atoms with Gasteiger partial charge in [0.15, 0.2) is 0 Å². The molecule has 2 N–H and O–H groups in total. The summed E-state index contributed by atoms with van der Waals surface area (Å²) in [7, 11) is 0. The molecule has 0 unspecified atom stereocenters. The number of rotatable bonds is 8. The average molecular weight is 322 g/mol. The maximum absolute atomic E-state index is 11.7. The maximum atomic E-state index is 11.7. The van der Waals surface area contributed by atoms with Gasteiger partial charge in [0, 0.05) is 25.2 Å². The largest absolute Gasteiger partial charge is 0.352 e. The van der Waals surface area contributed by atoms with Gasteiger partial charge in [0.05, 0.1) is 0 Å². The van der Waals surface area contributed by atoms with Crippen LogP contribution in [-0.4, -0.2) is 24.9 Å². The van der Waals surface area contributed by atoms with Crippen molar-refractivity contribution in [2.24, 2.45) is 0 Å². The Bertz CT molecular complexity index is 607. The van der Waals surface area contributed by atoms with Gasteiger partial charge in [-0.2, -0.15) is 0 Å². The topological polar surface area (TPSA) is 58.2 Å². The molecule has 24 heavy (non-hydrogen) atoms. The Balaban J connectivity index is 1.61. The lowest BCUT2D eigenvalue weighted by atomic mass is 10.1. The van der Waals surface area contributed by atoms with E-state index in [4.69, 9.17) is 0 Å². The molecule has 4 heteroatoms. The minimum absolute atomic E-state index is 0.260. The Morgan fingerprint density at radius 2 is 1.04 bits per heavy atom. The number of nitrogens with one attached hydrogen (secondary N) is 2. The third kappa shape index (κ3) is 6.92. The molecule has 0 radical (unpaired) electrons. The van der Waals surface area contributed by atoms with Crippen molar-refractivity contribution in [2.75, 3.05) is 13.1 Å². The van der Waals surface area contributed by atoms with E-state index in [0.717, 1.165) is 12.8 Å². The van der Waals surface area contributed by atoms with E-state index >= 15 is 0 Å². The summed E-state index contributed by atoms with van der Waals surface area (Å²) in [5.41, 5.74) is 2.33. The molecular formula is C20H22N2O2. The summed E-state index contributed by atoms with van der Waals surface area (Å²) in [6.07, 6.45) is 4.07. The predicted molar refractivity (Wildman–Crippen MR) is 95.5 cm³/mol. The van der Waals surface area contributed by atoms with Crippen LogP contribution in [0, 0.1) is 0 Å². The van der Waals surface area contributed by atoms with Gasteiger partial charge in [-0.15, -0.1) is 0 Å². The third-order valence-electron chi connectivity index (χ3n) is 3.50. The van der Waals surface area contributed by atoms with Crippen molar-refractivity contribution in [1.29, 1.82) is 0 Å². The zero-order valence-electron chi connectivity index (χ0n) is 13.6. The average Bonchev–Trinajstić information content (AvgIpc) is 2.62. The third-order valence-corrected chi connectivity index (χ3v) is 3.50.